The molecule has 20 heavy (non-hydrogen) atoms. The minimum absolute atomic E-state index is 0.517. The molecule has 2 aromatic heterocycles. The van der Waals surface area contributed by atoms with Crippen LogP contribution in [0.2, 0.25) is 0 Å². The molecule has 0 spiro atoms. The highest BCUT2D eigenvalue weighted by Gasteiger charge is 2.03. The van der Waals surface area contributed by atoms with Gasteiger partial charge < -0.3 is 4.90 Å². The van der Waals surface area contributed by atoms with Crippen molar-refractivity contribution < 1.29 is 0 Å². The van der Waals surface area contributed by atoms with Gasteiger partial charge in [-0.15, -0.1) is 22.9 Å². The number of unbranched alkanes of at least 4 members (excludes halogenated alkanes) is 1. The first-order valence-corrected chi connectivity index (χ1v) is 8.27. The maximum absolute atomic E-state index is 5.75. The minimum atomic E-state index is 0.517. The van der Waals surface area contributed by atoms with Crippen LogP contribution in [0.5, 0.6) is 0 Å². The molecule has 0 unspecified atom stereocenters. The third-order valence-electron chi connectivity index (χ3n) is 3.07. The Morgan fingerprint density at radius 2 is 2.15 bits per heavy atom. The molecule has 0 aromatic carbocycles. The van der Waals surface area contributed by atoms with Crippen LogP contribution in [0.4, 0.5) is 0 Å². The average molecular weight is 310 g/mol. The monoisotopic (exact) mass is 309 g/mol. The lowest BCUT2D eigenvalue weighted by atomic mass is 10.2. The first-order valence-electron chi connectivity index (χ1n) is 6.85. The van der Waals surface area contributed by atoms with E-state index in [1.807, 2.05) is 18.3 Å². The van der Waals surface area contributed by atoms with Crippen molar-refractivity contribution in [2.75, 3.05) is 13.6 Å². The van der Waals surface area contributed by atoms with Crippen molar-refractivity contribution in [2.45, 2.75) is 31.7 Å². The molecular formula is C15H20ClN3S. The summed E-state index contributed by atoms with van der Waals surface area (Å²) in [7, 11) is 2.14. The fourth-order valence-electron chi connectivity index (χ4n) is 2.03. The standard InChI is InChI=1S/C15H20ClN3S/c1-19(11-13-6-2-4-8-17-13)9-5-3-7-15-18-14(10-16)12-20-15/h2,4,6,8,12H,3,5,7,9-11H2,1H3. The van der Waals surface area contributed by atoms with Crippen LogP contribution in [0.25, 0.3) is 0 Å². The van der Waals surface area contributed by atoms with E-state index in [4.69, 9.17) is 11.6 Å². The molecule has 0 aliphatic rings. The summed E-state index contributed by atoms with van der Waals surface area (Å²) in [4.78, 5) is 11.1. The van der Waals surface area contributed by atoms with Crippen LogP contribution < -0.4 is 0 Å². The zero-order valence-electron chi connectivity index (χ0n) is 11.8. The summed E-state index contributed by atoms with van der Waals surface area (Å²) in [6.45, 7) is 2.00. The van der Waals surface area contributed by atoms with Gasteiger partial charge in [-0.2, -0.15) is 0 Å². The molecule has 0 atom stereocenters. The van der Waals surface area contributed by atoms with E-state index in [2.05, 4.69) is 33.4 Å². The normalized spacial score (nSPS) is 11.2. The van der Waals surface area contributed by atoms with Gasteiger partial charge in [-0.05, 0) is 45.0 Å². The van der Waals surface area contributed by atoms with Crippen LogP contribution in [0.1, 0.15) is 29.2 Å². The SMILES string of the molecule is CN(CCCCc1nc(CCl)cs1)Cc1ccccn1. The van der Waals surface area contributed by atoms with Crippen LogP contribution in [-0.2, 0) is 18.8 Å². The predicted octanol–water partition coefficient (Wildman–Crippen LogP) is 3.73. The molecule has 0 fully saturated rings. The molecule has 0 bridgehead atoms. The quantitative estimate of drug-likeness (QED) is 0.549. The van der Waals surface area contributed by atoms with Crippen molar-refractivity contribution in [3.05, 3.63) is 46.2 Å². The summed E-state index contributed by atoms with van der Waals surface area (Å²) >= 11 is 7.47. The molecule has 0 aliphatic carbocycles. The Hall–Kier alpha value is -0.970. The number of aromatic nitrogens is 2. The van der Waals surface area contributed by atoms with E-state index in [0.29, 0.717) is 5.88 Å². The van der Waals surface area contributed by atoms with Gasteiger partial charge in [0.1, 0.15) is 0 Å². The predicted molar refractivity (Wildman–Crippen MR) is 85.2 cm³/mol. The van der Waals surface area contributed by atoms with E-state index in [1.54, 1.807) is 11.3 Å². The van der Waals surface area contributed by atoms with Crippen molar-refractivity contribution >= 4 is 22.9 Å². The van der Waals surface area contributed by atoms with E-state index in [-0.39, 0.29) is 0 Å². The molecule has 2 aromatic rings. The molecule has 2 rings (SSSR count). The largest absolute Gasteiger partial charge is 0.301 e. The summed E-state index contributed by atoms with van der Waals surface area (Å²) in [5.41, 5.74) is 2.13. The lowest BCUT2D eigenvalue weighted by molar-refractivity contribution is 0.315. The van der Waals surface area contributed by atoms with E-state index >= 15 is 0 Å². The number of nitrogens with zero attached hydrogens (tertiary/aromatic N) is 3. The second kappa shape index (κ2) is 8.35. The summed E-state index contributed by atoms with van der Waals surface area (Å²) < 4.78 is 0. The first-order chi connectivity index (χ1) is 9.78. The number of thiazole rings is 1. The minimum Gasteiger partial charge on any atom is -0.301 e. The second-order valence-corrected chi connectivity index (χ2v) is 6.09. The Morgan fingerprint density at radius 1 is 1.25 bits per heavy atom. The molecule has 2 heterocycles. The van der Waals surface area contributed by atoms with E-state index in [0.717, 1.165) is 30.9 Å². The lowest BCUT2D eigenvalue weighted by Crippen LogP contribution is -2.19. The number of pyridine rings is 1. The highest BCUT2D eigenvalue weighted by atomic mass is 35.5. The molecule has 0 saturated heterocycles. The number of halogens is 1. The van der Waals surface area contributed by atoms with Gasteiger partial charge in [-0.25, -0.2) is 4.98 Å². The first kappa shape index (κ1) is 15.4. The van der Waals surface area contributed by atoms with Gasteiger partial charge in [-0.3, -0.25) is 4.98 Å². The van der Waals surface area contributed by atoms with Crippen molar-refractivity contribution in [3.63, 3.8) is 0 Å². The molecule has 0 radical (unpaired) electrons. The molecular weight excluding hydrogens is 290 g/mol. The number of aryl methyl sites for hydroxylation is 1. The third-order valence-corrected chi connectivity index (χ3v) is 4.31. The molecule has 0 amide bonds. The third kappa shape index (κ3) is 5.19. The van der Waals surface area contributed by atoms with Gasteiger partial charge in [0.2, 0.25) is 0 Å². The Balaban J connectivity index is 1.63. The van der Waals surface area contributed by atoms with Crippen molar-refractivity contribution in [1.29, 1.82) is 0 Å². The van der Waals surface area contributed by atoms with Crippen LogP contribution in [-0.4, -0.2) is 28.5 Å². The second-order valence-electron chi connectivity index (χ2n) is 4.88. The molecule has 0 aliphatic heterocycles. The molecule has 0 N–H and O–H groups in total. The Kier molecular flexibility index (Phi) is 6.43. The van der Waals surface area contributed by atoms with Gasteiger partial charge in [0.15, 0.2) is 0 Å². The Morgan fingerprint density at radius 3 is 2.85 bits per heavy atom. The molecule has 0 saturated carbocycles. The van der Waals surface area contributed by atoms with Gasteiger partial charge in [0.05, 0.1) is 22.3 Å². The smallest absolute Gasteiger partial charge is 0.0928 e. The number of alkyl halides is 1. The number of rotatable bonds is 8. The average Bonchev–Trinajstić information content (AvgIpc) is 2.93. The topological polar surface area (TPSA) is 29.0 Å². The molecule has 108 valence electrons. The van der Waals surface area contributed by atoms with E-state index < -0.39 is 0 Å². The van der Waals surface area contributed by atoms with Crippen LogP contribution >= 0.6 is 22.9 Å². The van der Waals surface area contributed by atoms with Crippen LogP contribution in [0, 0.1) is 0 Å². The number of hydrogen-bond acceptors (Lipinski definition) is 4. The highest BCUT2D eigenvalue weighted by molar-refractivity contribution is 7.09. The van der Waals surface area contributed by atoms with Gasteiger partial charge in [-0.1, -0.05) is 6.07 Å². The molecule has 5 heteroatoms. The Labute approximate surface area is 129 Å². The van der Waals surface area contributed by atoms with Crippen molar-refractivity contribution in [2.24, 2.45) is 0 Å². The fourth-order valence-corrected chi connectivity index (χ4v) is 3.10. The summed E-state index contributed by atoms with van der Waals surface area (Å²) in [6.07, 6.45) is 5.25. The summed E-state index contributed by atoms with van der Waals surface area (Å²) in [5, 5.41) is 3.25. The van der Waals surface area contributed by atoms with Gasteiger partial charge in [0, 0.05) is 18.1 Å². The van der Waals surface area contributed by atoms with Crippen molar-refractivity contribution in [3.8, 4) is 0 Å². The lowest BCUT2D eigenvalue weighted by Gasteiger charge is -2.15. The van der Waals surface area contributed by atoms with E-state index in [9.17, 15) is 0 Å². The van der Waals surface area contributed by atoms with Gasteiger partial charge in [0.25, 0.3) is 0 Å². The van der Waals surface area contributed by atoms with Crippen LogP contribution in [0.3, 0.4) is 0 Å². The summed E-state index contributed by atoms with van der Waals surface area (Å²) in [6, 6.07) is 6.06. The Bertz CT molecular complexity index is 501. The zero-order valence-corrected chi connectivity index (χ0v) is 13.3. The van der Waals surface area contributed by atoms with Gasteiger partial charge >= 0.3 is 0 Å². The van der Waals surface area contributed by atoms with Crippen molar-refractivity contribution in [1.82, 2.24) is 14.9 Å². The molecule has 3 nitrogen and oxygen atoms in total. The van der Waals surface area contributed by atoms with E-state index in [1.165, 1.54) is 17.8 Å². The maximum atomic E-state index is 5.75. The highest BCUT2D eigenvalue weighted by Crippen LogP contribution is 2.14. The number of hydrogen-bond donors (Lipinski definition) is 0. The zero-order chi connectivity index (χ0) is 14.2. The fraction of sp³-hybridized carbons (Fsp3) is 0.467. The summed E-state index contributed by atoms with van der Waals surface area (Å²) in [5.74, 6) is 0.517. The maximum Gasteiger partial charge on any atom is 0.0928 e. The van der Waals surface area contributed by atoms with Crippen LogP contribution in [0.15, 0.2) is 29.8 Å².